The molecule has 0 aromatic rings. The largest absolute Gasteiger partial charge is 0.462 e. The van der Waals surface area contributed by atoms with Crippen LogP contribution in [-0.2, 0) is 28.6 Å². The lowest BCUT2D eigenvalue weighted by Crippen LogP contribution is -2.30. The van der Waals surface area contributed by atoms with Crippen molar-refractivity contribution in [1.82, 2.24) is 0 Å². The molecule has 0 N–H and O–H groups in total. The Kier molecular flexibility index (Phi) is 62.8. The Labute approximate surface area is 488 Å². The average Bonchev–Trinajstić information content (AvgIpc) is 3.45. The molecule has 0 rings (SSSR count). The lowest BCUT2D eigenvalue weighted by atomic mass is 10.0. The number of ether oxygens (including phenoxy) is 3. The van der Waals surface area contributed by atoms with E-state index in [2.05, 4.69) is 118 Å². The summed E-state index contributed by atoms with van der Waals surface area (Å²) in [5.41, 5.74) is 0. The van der Waals surface area contributed by atoms with Gasteiger partial charge in [0.25, 0.3) is 0 Å². The molecule has 1 unspecified atom stereocenters. The summed E-state index contributed by atoms with van der Waals surface area (Å²) < 4.78 is 16.7. The fourth-order valence-electron chi connectivity index (χ4n) is 9.18. The van der Waals surface area contributed by atoms with Crippen molar-refractivity contribution in [3.63, 3.8) is 0 Å². The SMILES string of the molecule is CC/C=C\C/C=C\C/C=C\C/C=C\C/C=C\CC(=O)OCC(COC(=O)CCCCCCCCCCCCCCCCCCCCCCCCCCCCCCCCC)OC(=O)C/C=C\C/C=C\C/C=C\C/C=C\C/C=C\CC. The highest BCUT2D eigenvalue weighted by atomic mass is 16.6. The third-order valence-electron chi connectivity index (χ3n) is 14.0. The van der Waals surface area contributed by atoms with E-state index in [0.717, 1.165) is 77.0 Å². The number of carbonyl (C=O) groups excluding carboxylic acids is 3. The number of hydrogen-bond acceptors (Lipinski definition) is 6. The molecule has 0 heterocycles. The van der Waals surface area contributed by atoms with Crippen LogP contribution >= 0.6 is 0 Å². The van der Waals surface area contributed by atoms with E-state index in [1.165, 1.54) is 180 Å². The molecule has 0 aliphatic heterocycles. The second kappa shape index (κ2) is 66.3. The van der Waals surface area contributed by atoms with Gasteiger partial charge in [-0.1, -0.05) is 335 Å². The van der Waals surface area contributed by atoms with Gasteiger partial charge in [0.1, 0.15) is 13.2 Å². The van der Waals surface area contributed by atoms with Crippen LogP contribution in [0.2, 0.25) is 0 Å². The third kappa shape index (κ3) is 64.5. The molecule has 6 nitrogen and oxygen atoms in total. The van der Waals surface area contributed by atoms with Gasteiger partial charge in [-0.25, -0.2) is 0 Å². The molecule has 0 aromatic carbocycles. The zero-order valence-electron chi connectivity index (χ0n) is 51.6. The zero-order valence-corrected chi connectivity index (χ0v) is 51.6. The Balaban J connectivity index is 4.29. The van der Waals surface area contributed by atoms with Crippen molar-refractivity contribution in [2.45, 2.75) is 309 Å². The first kappa shape index (κ1) is 74.8. The molecule has 6 heteroatoms. The zero-order chi connectivity index (χ0) is 57.1. The first-order valence-corrected chi connectivity index (χ1v) is 33.0. The Morgan fingerprint density at radius 3 is 0.772 bits per heavy atom. The van der Waals surface area contributed by atoms with Crippen molar-refractivity contribution in [3.05, 3.63) is 122 Å². The van der Waals surface area contributed by atoms with Crippen LogP contribution in [-0.4, -0.2) is 37.2 Å². The van der Waals surface area contributed by atoms with Gasteiger partial charge in [-0.3, -0.25) is 14.4 Å². The van der Waals surface area contributed by atoms with Crippen LogP contribution in [0.1, 0.15) is 303 Å². The van der Waals surface area contributed by atoms with Gasteiger partial charge in [-0.15, -0.1) is 0 Å². The van der Waals surface area contributed by atoms with Gasteiger partial charge in [0.15, 0.2) is 6.10 Å². The van der Waals surface area contributed by atoms with E-state index in [-0.39, 0.29) is 32.0 Å². The number of allylic oxidation sites excluding steroid dienone is 18. The smallest absolute Gasteiger partial charge is 0.310 e. The minimum Gasteiger partial charge on any atom is -0.462 e. The Hall–Kier alpha value is -4.19. The summed E-state index contributed by atoms with van der Waals surface area (Å²) in [5.74, 6) is -1.21. The fraction of sp³-hybridized carbons (Fsp3) is 0.685. The van der Waals surface area contributed by atoms with E-state index in [9.17, 15) is 14.4 Å². The lowest BCUT2D eigenvalue weighted by molar-refractivity contribution is -0.166. The Morgan fingerprint density at radius 1 is 0.266 bits per heavy atom. The predicted octanol–water partition coefficient (Wildman–Crippen LogP) is 22.8. The number of hydrogen-bond donors (Lipinski definition) is 0. The maximum atomic E-state index is 12.8. The molecular formula is C73H122O6. The van der Waals surface area contributed by atoms with E-state index in [1.54, 1.807) is 12.2 Å². The average molecular weight is 1100 g/mol. The first-order valence-electron chi connectivity index (χ1n) is 33.0. The van der Waals surface area contributed by atoms with Crippen LogP contribution in [0.4, 0.5) is 0 Å². The summed E-state index contributed by atoms with van der Waals surface area (Å²) in [4.78, 5) is 38.1. The van der Waals surface area contributed by atoms with Crippen LogP contribution in [0, 0.1) is 0 Å². The van der Waals surface area contributed by atoms with Crippen molar-refractivity contribution in [1.29, 1.82) is 0 Å². The van der Waals surface area contributed by atoms with Crippen molar-refractivity contribution in [3.8, 4) is 0 Å². The van der Waals surface area contributed by atoms with Crippen molar-refractivity contribution in [2.75, 3.05) is 13.2 Å². The molecule has 0 fully saturated rings. The second-order valence-corrected chi connectivity index (χ2v) is 21.7. The molecule has 0 aliphatic carbocycles. The van der Waals surface area contributed by atoms with Gasteiger partial charge in [-0.05, 0) is 70.6 Å². The van der Waals surface area contributed by atoms with Gasteiger partial charge >= 0.3 is 17.9 Å². The van der Waals surface area contributed by atoms with Gasteiger partial charge in [0.05, 0.1) is 12.8 Å². The van der Waals surface area contributed by atoms with Gasteiger partial charge in [0, 0.05) is 6.42 Å². The standard InChI is InChI=1S/C73H122O6/c1-4-7-10-13-16-19-22-25-28-29-30-31-32-33-34-35-36-37-38-39-40-41-42-43-46-48-51-54-57-60-63-66-72(75)78-69-70(79-73(76)67-64-61-58-55-52-49-45-27-24-21-18-15-12-9-6-3)68-77-71(74)65-62-59-56-53-50-47-44-26-23-20-17-14-11-8-5-2/h8-9,11-12,17-18,20-21,26-27,44-45,50,52-53,55,59,61-62,64,70H,4-7,10,13-16,19,22-25,28-43,46-49,51,54,56-58,60,63,65-69H2,1-3H3/b11-8-,12-9-,20-17-,21-18-,44-26-,45-27-,53-50-,55-52-,62-59-,64-61-. The van der Waals surface area contributed by atoms with Gasteiger partial charge in [0.2, 0.25) is 0 Å². The van der Waals surface area contributed by atoms with E-state index < -0.39 is 18.0 Å². The molecular weight excluding hydrogens is 973 g/mol. The summed E-state index contributed by atoms with van der Waals surface area (Å²) in [6.07, 6.45) is 93.0. The maximum absolute atomic E-state index is 12.8. The highest BCUT2D eigenvalue weighted by Gasteiger charge is 2.19. The first-order chi connectivity index (χ1) is 39.0. The van der Waals surface area contributed by atoms with Crippen LogP contribution < -0.4 is 0 Å². The molecule has 0 saturated heterocycles. The molecule has 0 aromatic heterocycles. The summed E-state index contributed by atoms with van der Waals surface area (Å²) in [6, 6.07) is 0. The van der Waals surface area contributed by atoms with Gasteiger partial charge < -0.3 is 14.2 Å². The summed E-state index contributed by atoms with van der Waals surface area (Å²) in [6.45, 7) is 6.26. The highest BCUT2D eigenvalue weighted by Crippen LogP contribution is 2.17. The normalized spacial score (nSPS) is 12.9. The van der Waals surface area contributed by atoms with Crippen LogP contribution in [0.5, 0.6) is 0 Å². The van der Waals surface area contributed by atoms with Crippen LogP contribution in [0.25, 0.3) is 0 Å². The highest BCUT2D eigenvalue weighted by molar-refractivity contribution is 5.72. The predicted molar refractivity (Wildman–Crippen MR) is 343 cm³/mol. The molecule has 450 valence electrons. The molecule has 0 spiro atoms. The molecule has 0 aliphatic rings. The lowest BCUT2D eigenvalue weighted by Gasteiger charge is -2.17. The van der Waals surface area contributed by atoms with E-state index in [0.29, 0.717) is 12.8 Å². The molecule has 0 amide bonds. The molecule has 1 atom stereocenters. The number of carbonyl (C=O) groups is 3. The molecule has 79 heavy (non-hydrogen) atoms. The van der Waals surface area contributed by atoms with Gasteiger partial charge in [-0.2, -0.15) is 0 Å². The summed E-state index contributed by atoms with van der Waals surface area (Å²) >= 11 is 0. The monoisotopic (exact) mass is 1090 g/mol. The van der Waals surface area contributed by atoms with Crippen LogP contribution in [0.15, 0.2) is 122 Å². The maximum Gasteiger partial charge on any atom is 0.310 e. The third-order valence-corrected chi connectivity index (χ3v) is 14.0. The van der Waals surface area contributed by atoms with Crippen molar-refractivity contribution < 1.29 is 28.6 Å². The molecule has 0 radical (unpaired) electrons. The second-order valence-electron chi connectivity index (χ2n) is 21.7. The number of unbranched alkanes of at least 4 members (excludes halogenated alkanes) is 30. The van der Waals surface area contributed by atoms with E-state index in [1.807, 2.05) is 12.2 Å². The summed E-state index contributed by atoms with van der Waals surface area (Å²) in [5, 5.41) is 0. The van der Waals surface area contributed by atoms with E-state index in [4.69, 9.17) is 14.2 Å². The van der Waals surface area contributed by atoms with Crippen LogP contribution in [0.3, 0.4) is 0 Å². The molecule has 0 saturated carbocycles. The molecule has 0 bridgehead atoms. The minimum absolute atomic E-state index is 0.0750. The van der Waals surface area contributed by atoms with Crippen molar-refractivity contribution in [2.24, 2.45) is 0 Å². The topological polar surface area (TPSA) is 78.9 Å². The number of rotatable bonds is 59. The quantitative estimate of drug-likeness (QED) is 0.0261. The fourth-order valence-corrected chi connectivity index (χ4v) is 9.18. The number of esters is 3. The van der Waals surface area contributed by atoms with Crippen molar-refractivity contribution >= 4 is 17.9 Å². The Bertz CT molecular complexity index is 1640. The van der Waals surface area contributed by atoms with E-state index >= 15 is 0 Å². The minimum atomic E-state index is -0.875. The summed E-state index contributed by atoms with van der Waals surface area (Å²) in [7, 11) is 0. The Morgan fingerprint density at radius 2 is 0.494 bits per heavy atom.